The van der Waals surface area contributed by atoms with Gasteiger partial charge < -0.3 is 9.64 Å². The van der Waals surface area contributed by atoms with Crippen molar-refractivity contribution in [2.24, 2.45) is 0 Å². The van der Waals surface area contributed by atoms with E-state index in [0.29, 0.717) is 0 Å². The zero-order valence-electron chi connectivity index (χ0n) is 11.4. The molecule has 104 valence electrons. The number of methoxy groups -OCH3 is 1. The molecule has 0 aromatic heterocycles. The summed E-state index contributed by atoms with van der Waals surface area (Å²) in [6, 6.07) is 14.9. The number of nitrogens with zero attached hydrogens (tertiary/aromatic N) is 2. The highest BCUT2D eigenvalue weighted by molar-refractivity contribution is 5.59. The Hall–Kier alpha value is -2.56. The highest BCUT2D eigenvalue weighted by Crippen LogP contribution is 2.31. The largest absolute Gasteiger partial charge is 0.490 e. The Bertz CT molecular complexity index is 599. The Balaban J connectivity index is 2.22. The number of rotatable bonds is 5. The molecular weight excluding hydrogens is 256 g/mol. The van der Waals surface area contributed by atoms with Gasteiger partial charge in [0.2, 0.25) is 0 Å². The first-order chi connectivity index (χ1) is 9.61. The maximum atomic E-state index is 10.9. The lowest BCUT2D eigenvalue weighted by Gasteiger charge is -2.20. The number of nitro benzene ring substituents is 1. The Morgan fingerprint density at radius 2 is 1.90 bits per heavy atom. The number of anilines is 1. The molecule has 0 spiro atoms. The van der Waals surface area contributed by atoms with Crippen LogP contribution in [0.3, 0.4) is 0 Å². The fraction of sp³-hybridized carbons (Fsp3) is 0.200. The van der Waals surface area contributed by atoms with Crippen molar-refractivity contribution < 1.29 is 9.66 Å². The maximum absolute atomic E-state index is 10.9. The van der Waals surface area contributed by atoms with E-state index >= 15 is 0 Å². The predicted molar refractivity (Wildman–Crippen MR) is 78.2 cm³/mol. The fourth-order valence-corrected chi connectivity index (χ4v) is 2.00. The van der Waals surface area contributed by atoms with Crippen molar-refractivity contribution in [1.29, 1.82) is 0 Å². The minimum absolute atomic E-state index is 0.0237. The molecule has 5 nitrogen and oxygen atoms in total. The zero-order valence-corrected chi connectivity index (χ0v) is 11.4. The van der Waals surface area contributed by atoms with E-state index in [0.717, 1.165) is 12.2 Å². The molecule has 0 saturated heterocycles. The molecule has 2 aromatic carbocycles. The van der Waals surface area contributed by atoms with Gasteiger partial charge in [0.1, 0.15) is 0 Å². The van der Waals surface area contributed by atoms with Crippen LogP contribution < -0.4 is 9.64 Å². The molecule has 0 heterocycles. The lowest BCUT2D eigenvalue weighted by Crippen LogP contribution is -2.16. The van der Waals surface area contributed by atoms with Crippen molar-refractivity contribution in [1.82, 2.24) is 0 Å². The topological polar surface area (TPSA) is 55.6 Å². The van der Waals surface area contributed by atoms with Gasteiger partial charge in [-0.2, -0.15) is 0 Å². The summed E-state index contributed by atoms with van der Waals surface area (Å²) in [7, 11) is 3.37. The number of nitro groups is 1. The van der Waals surface area contributed by atoms with Gasteiger partial charge in [-0.3, -0.25) is 10.1 Å². The van der Waals surface area contributed by atoms with Gasteiger partial charge >= 0.3 is 5.69 Å². The van der Waals surface area contributed by atoms with Crippen molar-refractivity contribution in [2.45, 2.75) is 6.54 Å². The molecule has 0 radical (unpaired) electrons. The lowest BCUT2D eigenvalue weighted by atomic mass is 10.2. The Kier molecular flexibility index (Phi) is 4.20. The smallest absolute Gasteiger partial charge is 0.311 e. The Labute approximate surface area is 117 Å². The monoisotopic (exact) mass is 272 g/mol. The summed E-state index contributed by atoms with van der Waals surface area (Å²) in [5.74, 6) is 0.271. The molecule has 0 aliphatic heterocycles. The minimum Gasteiger partial charge on any atom is -0.490 e. The molecule has 0 N–H and O–H groups in total. The van der Waals surface area contributed by atoms with Crippen LogP contribution in [-0.2, 0) is 6.54 Å². The molecule has 0 aliphatic carbocycles. The fourth-order valence-electron chi connectivity index (χ4n) is 2.00. The van der Waals surface area contributed by atoms with Crippen molar-refractivity contribution in [3.05, 3.63) is 64.2 Å². The van der Waals surface area contributed by atoms with Gasteiger partial charge in [-0.1, -0.05) is 30.3 Å². The van der Waals surface area contributed by atoms with Crippen LogP contribution in [0.5, 0.6) is 5.75 Å². The Morgan fingerprint density at radius 3 is 2.50 bits per heavy atom. The molecule has 0 unspecified atom stereocenters. The molecule has 0 saturated carbocycles. The quantitative estimate of drug-likeness (QED) is 0.619. The molecule has 2 rings (SSSR count). The summed E-state index contributed by atoms with van der Waals surface area (Å²) in [6.45, 7) is 0.724. The maximum Gasteiger partial charge on any atom is 0.311 e. The van der Waals surface area contributed by atoms with Crippen LogP contribution in [-0.4, -0.2) is 19.1 Å². The van der Waals surface area contributed by atoms with E-state index in [1.807, 2.05) is 42.3 Å². The summed E-state index contributed by atoms with van der Waals surface area (Å²) in [4.78, 5) is 12.4. The standard InChI is InChI=1S/C15H16N2O3/c1-16(11-12-6-4-3-5-7-12)13-8-9-14(17(18)19)15(10-13)20-2/h3-10H,11H2,1-2H3. The van der Waals surface area contributed by atoms with Crippen LogP contribution in [0.1, 0.15) is 5.56 Å². The third-order valence-corrected chi connectivity index (χ3v) is 3.06. The van der Waals surface area contributed by atoms with Crippen LogP contribution in [0.25, 0.3) is 0 Å². The molecule has 0 fully saturated rings. The predicted octanol–water partition coefficient (Wildman–Crippen LogP) is 3.24. The summed E-state index contributed by atoms with van der Waals surface area (Å²) in [6.07, 6.45) is 0. The average molecular weight is 272 g/mol. The molecule has 2 aromatic rings. The highest BCUT2D eigenvalue weighted by atomic mass is 16.6. The summed E-state index contributed by atoms with van der Waals surface area (Å²) >= 11 is 0. The van der Waals surface area contributed by atoms with Crippen LogP contribution >= 0.6 is 0 Å². The van der Waals surface area contributed by atoms with E-state index in [2.05, 4.69) is 0 Å². The van der Waals surface area contributed by atoms with Crippen LogP contribution in [0.15, 0.2) is 48.5 Å². The van der Waals surface area contributed by atoms with Crippen molar-refractivity contribution >= 4 is 11.4 Å². The summed E-state index contributed by atoms with van der Waals surface area (Å²) < 4.78 is 5.08. The SMILES string of the molecule is COc1cc(N(C)Cc2ccccc2)ccc1[N+](=O)[O-]. The first-order valence-electron chi connectivity index (χ1n) is 6.19. The number of benzene rings is 2. The zero-order chi connectivity index (χ0) is 14.5. The van der Waals surface area contributed by atoms with Gasteiger partial charge in [0, 0.05) is 31.4 Å². The van der Waals surface area contributed by atoms with Gasteiger partial charge in [0.15, 0.2) is 5.75 Å². The summed E-state index contributed by atoms with van der Waals surface area (Å²) in [5.41, 5.74) is 2.02. The van der Waals surface area contributed by atoms with Gasteiger partial charge in [0.25, 0.3) is 0 Å². The first kappa shape index (κ1) is 13.9. The highest BCUT2D eigenvalue weighted by Gasteiger charge is 2.16. The van der Waals surface area contributed by atoms with Crippen LogP contribution in [0.4, 0.5) is 11.4 Å². The molecule has 20 heavy (non-hydrogen) atoms. The van der Waals surface area contributed by atoms with E-state index < -0.39 is 4.92 Å². The van der Waals surface area contributed by atoms with Gasteiger partial charge in [-0.25, -0.2) is 0 Å². The Morgan fingerprint density at radius 1 is 1.20 bits per heavy atom. The first-order valence-corrected chi connectivity index (χ1v) is 6.19. The van der Waals surface area contributed by atoms with E-state index in [-0.39, 0.29) is 11.4 Å². The second-order valence-electron chi connectivity index (χ2n) is 4.45. The van der Waals surface area contributed by atoms with Crippen molar-refractivity contribution in [2.75, 3.05) is 19.1 Å². The van der Waals surface area contributed by atoms with Gasteiger partial charge in [-0.05, 0) is 11.6 Å². The third kappa shape index (κ3) is 3.06. The van der Waals surface area contributed by atoms with Crippen molar-refractivity contribution in [3.63, 3.8) is 0 Å². The molecule has 0 amide bonds. The van der Waals surface area contributed by atoms with E-state index in [9.17, 15) is 10.1 Å². The summed E-state index contributed by atoms with van der Waals surface area (Å²) in [5, 5.41) is 10.9. The van der Waals surface area contributed by atoms with Crippen LogP contribution in [0.2, 0.25) is 0 Å². The second-order valence-corrected chi connectivity index (χ2v) is 4.45. The normalized spacial score (nSPS) is 10.1. The number of hydrogen-bond acceptors (Lipinski definition) is 4. The number of hydrogen-bond donors (Lipinski definition) is 0. The average Bonchev–Trinajstić information content (AvgIpc) is 2.47. The molecule has 0 atom stereocenters. The minimum atomic E-state index is -0.445. The number of ether oxygens (including phenoxy) is 1. The molecular formula is C15H16N2O3. The van der Waals surface area contributed by atoms with Gasteiger partial charge in [0.05, 0.1) is 12.0 Å². The van der Waals surface area contributed by atoms with Crippen LogP contribution in [0, 0.1) is 10.1 Å². The van der Waals surface area contributed by atoms with E-state index in [1.165, 1.54) is 18.7 Å². The molecule has 0 aliphatic rings. The lowest BCUT2D eigenvalue weighted by molar-refractivity contribution is -0.385. The molecule has 5 heteroatoms. The van der Waals surface area contributed by atoms with Gasteiger partial charge in [-0.15, -0.1) is 0 Å². The van der Waals surface area contributed by atoms with E-state index in [1.54, 1.807) is 12.1 Å². The van der Waals surface area contributed by atoms with E-state index in [4.69, 9.17) is 4.74 Å². The second kappa shape index (κ2) is 6.06. The van der Waals surface area contributed by atoms with Crippen molar-refractivity contribution in [3.8, 4) is 5.75 Å². The molecule has 0 bridgehead atoms. The third-order valence-electron chi connectivity index (χ3n) is 3.06.